The van der Waals surface area contributed by atoms with Crippen LogP contribution in [0.2, 0.25) is 0 Å². The normalized spacial score (nSPS) is 16.3. The number of amides is 1. The van der Waals surface area contributed by atoms with Gasteiger partial charge in [-0.15, -0.1) is 0 Å². The second-order valence-electron chi connectivity index (χ2n) is 5.08. The first kappa shape index (κ1) is 13.0. The molecule has 0 heterocycles. The lowest BCUT2D eigenvalue weighted by Crippen LogP contribution is -2.35. The first-order valence-electron chi connectivity index (χ1n) is 6.30. The third-order valence-corrected chi connectivity index (χ3v) is 3.48. The van der Waals surface area contributed by atoms with Crippen LogP contribution < -0.4 is 10.6 Å². The van der Waals surface area contributed by atoms with Gasteiger partial charge in [-0.3, -0.25) is 4.79 Å². The van der Waals surface area contributed by atoms with Crippen LogP contribution >= 0.6 is 0 Å². The molecule has 18 heavy (non-hydrogen) atoms. The Kier molecular flexibility index (Phi) is 3.97. The minimum absolute atomic E-state index is 0.109. The quantitative estimate of drug-likeness (QED) is 0.803. The van der Waals surface area contributed by atoms with E-state index < -0.39 is 0 Å². The molecule has 98 valence electrons. The second kappa shape index (κ2) is 5.48. The molecular weight excluding hydrogens is 231 g/mol. The van der Waals surface area contributed by atoms with Crippen LogP contribution in [0.15, 0.2) is 24.3 Å². The van der Waals surface area contributed by atoms with Crippen LogP contribution in [0.4, 0.5) is 4.39 Å². The maximum absolute atomic E-state index is 13.4. The Hall–Kier alpha value is -1.42. The Labute approximate surface area is 107 Å². The Morgan fingerprint density at radius 3 is 2.67 bits per heavy atom. The molecule has 0 unspecified atom stereocenters. The summed E-state index contributed by atoms with van der Waals surface area (Å²) < 4.78 is 13.4. The molecule has 0 saturated heterocycles. The average Bonchev–Trinajstić information content (AvgIpc) is 3.11. The summed E-state index contributed by atoms with van der Waals surface area (Å²) >= 11 is 0. The summed E-state index contributed by atoms with van der Waals surface area (Å²) in [7, 11) is 1.92. The molecule has 1 amide bonds. The molecule has 0 spiro atoms. The van der Waals surface area contributed by atoms with E-state index in [0.29, 0.717) is 12.1 Å². The number of benzene rings is 1. The lowest BCUT2D eigenvalue weighted by Gasteiger charge is -2.15. The fourth-order valence-corrected chi connectivity index (χ4v) is 2.13. The highest BCUT2D eigenvalue weighted by molar-refractivity contribution is 5.78. The minimum Gasteiger partial charge on any atom is -0.355 e. The summed E-state index contributed by atoms with van der Waals surface area (Å²) in [5, 5.41) is 6.04. The average molecular weight is 250 g/mol. The van der Waals surface area contributed by atoms with E-state index >= 15 is 0 Å². The number of carbonyl (C=O) groups excluding carboxylic acids is 1. The number of halogens is 1. The summed E-state index contributed by atoms with van der Waals surface area (Å²) in [6.07, 6.45) is 2.41. The van der Waals surface area contributed by atoms with E-state index in [1.165, 1.54) is 6.07 Å². The van der Waals surface area contributed by atoms with Crippen molar-refractivity contribution in [2.24, 2.45) is 5.41 Å². The maximum atomic E-state index is 13.4. The third-order valence-electron chi connectivity index (χ3n) is 3.48. The molecular formula is C14H19FN2O. The predicted octanol–water partition coefficient (Wildman–Crippen LogP) is 1.48. The number of carbonyl (C=O) groups is 1. The highest BCUT2D eigenvalue weighted by Crippen LogP contribution is 2.44. The summed E-state index contributed by atoms with van der Waals surface area (Å²) in [6, 6.07) is 6.40. The smallest absolute Gasteiger partial charge is 0.224 e. The highest BCUT2D eigenvalue weighted by atomic mass is 19.1. The molecule has 2 rings (SSSR count). The number of rotatable bonds is 6. The van der Waals surface area contributed by atoms with E-state index in [0.717, 1.165) is 19.4 Å². The monoisotopic (exact) mass is 250 g/mol. The lowest BCUT2D eigenvalue weighted by atomic mass is 10.1. The molecule has 1 aromatic rings. The van der Waals surface area contributed by atoms with Gasteiger partial charge in [0.25, 0.3) is 0 Å². The van der Waals surface area contributed by atoms with Crippen molar-refractivity contribution in [2.75, 3.05) is 20.1 Å². The van der Waals surface area contributed by atoms with Crippen molar-refractivity contribution in [3.05, 3.63) is 35.6 Å². The van der Waals surface area contributed by atoms with Gasteiger partial charge in [0.15, 0.2) is 0 Å². The van der Waals surface area contributed by atoms with Crippen molar-refractivity contribution in [3.63, 3.8) is 0 Å². The third kappa shape index (κ3) is 3.29. The summed E-state index contributed by atoms with van der Waals surface area (Å²) in [5.74, 6) is -0.425. The molecule has 0 atom stereocenters. The largest absolute Gasteiger partial charge is 0.355 e. The zero-order valence-corrected chi connectivity index (χ0v) is 10.6. The van der Waals surface area contributed by atoms with Gasteiger partial charge in [-0.25, -0.2) is 4.39 Å². The standard InChI is InChI=1S/C14H19FN2O/c1-16-9-14(6-7-14)10-17-13(18)8-11-4-2-3-5-12(11)15/h2-5,16H,6-10H2,1H3,(H,17,18). The predicted molar refractivity (Wildman–Crippen MR) is 68.7 cm³/mol. The van der Waals surface area contributed by atoms with Gasteiger partial charge in [-0.05, 0) is 31.5 Å². The molecule has 2 N–H and O–H groups in total. The van der Waals surface area contributed by atoms with Crippen LogP contribution in [0.3, 0.4) is 0 Å². The van der Waals surface area contributed by atoms with Gasteiger partial charge in [-0.1, -0.05) is 18.2 Å². The number of hydrogen-bond donors (Lipinski definition) is 2. The first-order valence-corrected chi connectivity index (χ1v) is 6.30. The fourth-order valence-electron chi connectivity index (χ4n) is 2.13. The Morgan fingerprint density at radius 1 is 1.33 bits per heavy atom. The molecule has 0 aliphatic heterocycles. The Bertz CT molecular complexity index is 430. The van der Waals surface area contributed by atoms with E-state index in [1.807, 2.05) is 7.05 Å². The molecule has 0 radical (unpaired) electrons. The van der Waals surface area contributed by atoms with Gasteiger partial charge in [0.05, 0.1) is 6.42 Å². The second-order valence-corrected chi connectivity index (χ2v) is 5.08. The summed E-state index contributed by atoms with van der Waals surface area (Å²) in [4.78, 5) is 11.7. The van der Waals surface area contributed by atoms with E-state index in [2.05, 4.69) is 10.6 Å². The van der Waals surface area contributed by atoms with E-state index in [-0.39, 0.29) is 23.6 Å². The molecule has 1 aliphatic rings. The zero-order valence-electron chi connectivity index (χ0n) is 10.6. The van der Waals surface area contributed by atoms with Crippen molar-refractivity contribution in [3.8, 4) is 0 Å². The maximum Gasteiger partial charge on any atom is 0.224 e. The summed E-state index contributed by atoms with van der Waals surface area (Å²) in [6.45, 7) is 1.61. The number of hydrogen-bond acceptors (Lipinski definition) is 2. The van der Waals surface area contributed by atoms with E-state index in [9.17, 15) is 9.18 Å². The molecule has 3 nitrogen and oxygen atoms in total. The van der Waals surface area contributed by atoms with Gasteiger partial charge in [0, 0.05) is 18.5 Å². The lowest BCUT2D eigenvalue weighted by molar-refractivity contribution is -0.120. The van der Waals surface area contributed by atoms with E-state index in [1.54, 1.807) is 18.2 Å². The van der Waals surface area contributed by atoms with Crippen molar-refractivity contribution in [1.29, 1.82) is 0 Å². The van der Waals surface area contributed by atoms with Crippen LogP contribution in [0, 0.1) is 11.2 Å². The first-order chi connectivity index (χ1) is 8.65. The zero-order chi connectivity index (χ0) is 13.0. The molecule has 1 aromatic carbocycles. The molecule has 4 heteroatoms. The van der Waals surface area contributed by atoms with Crippen LogP contribution in [0.25, 0.3) is 0 Å². The minimum atomic E-state index is -0.316. The topological polar surface area (TPSA) is 41.1 Å². The van der Waals surface area contributed by atoms with Crippen LogP contribution in [-0.2, 0) is 11.2 Å². The van der Waals surface area contributed by atoms with E-state index in [4.69, 9.17) is 0 Å². The van der Waals surface area contributed by atoms with Crippen LogP contribution in [-0.4, -0.2) is 26.0 Å². The molecule has 1 saturated carbocycles. The van der Waals surface area contributed by atoms with Crippen molar-refractivity contribution in [2.45, 2.75) is 19.3 Å². The highest BCUT2D eigenvalue weighted by Gasteiger charge is 2.41. The van der Waals surface area contributed by atoms with Gasteiger partial charge >= 0.3 is 0 Å². The Morgan fingerprint density at radius 2 is 2.06 bits per heavy atom. The Balaban J connectivity index is 1.81. The summed E-state index contributed by atoms with van der Waals surface area (Å²) in [5.41, 5.74) is 0.688. The SMILES string of the molecule is CNCC1(CNC(=O)Cc2ccccc2F)CC1. The van der Waals surface area contributed by atoms with Crippen LogP contribution in [0.1, 0.15) is 18.4 Å². The van der Waals surface area contributed by atoms with Crippen molar-refractivity contribution >= 4 is 5.91 Å². The van der Waals surface area contributed by atoms with Crippen LogP contribution in [0.5, 0.6) is 0 Å². The molecule has 0 aromatic heterocycles. The molecule has 0 bridgehead atoms. The van der Waals surface area contributed by atoms with Crippen molar-refractivity contribution in [1.82, 2.24) is 10.6 Å². The van der Waals surface area contributed by atoms with Gasteiger partial charge in [0.1, 0.15) is 5.82 Å². The number of nitrogens with one attached hydrogen (secondary N) is 2. The fraction of sp³-hybridized carbons (Fsp3) is 0.500. The molecule has 1 aliphatic carbocycles. The van der Waals surface area contributed by atoms with Gasteiger partial charge in [-0.2, -0.15) is 0 Å². The van der Waals surface area contributed by atoms with Gasteiger partial charge < -0.3 is 10.6 Å². The van der Waals surface area contributed by atoms with Gasteiger partial charge in [0.2, 0.25) is 5.91 Å². The molecule has 1 fully saturated rings. The van der Waals surface area contributed by atoms with Crippen molar-refractivity contribution < 1.29 is 9.18 Å².